The van der Waals surface area contributed by atoms with E-state index in [-0.39, 0.29) is 22.7 Å². The van der Waals surface area contributed by atoms with Crippen molar-refractivity contribution in [3.63, 3.8) is 0 Å². The van der Waals surface area contributed by atoms with Gasteiger partial charge in [-0.3, -0.25) is 9.59 Å². The molecule has 0 heterocycles. The Kier molecular flexibility index (Phi) is 3.55. The molecule has 25 heavy (non-hydrogen) atoms. The minimum absolute atomic E-state index is 0.251. The van der Waals surface area contributed by atoms with Crippen LogP contribution in [0.25, 0.3) is 0 Å². The first kappa shape index (κ1) is 15.4. The summed E-state index contributed by atoms with van der Waals surface area (Å²) in [5.74, 6) is 0.299. The summed E-state index contributed by atoms with van der Waals surface area (Å²) in [6.07, 6.45) is 0. The number of rotatable bonds is 2. The van der Waals surface area contributed by atoms with Crippen molar-refractivity contribution in [2.24, 2.45) is 0 Å². The van der Waals surface area contributed by atoms with E-state index in [1.165, 1.54) is 0 Å². The number of hydrogen-bond acceptors (Lipinski definition) is 4. The topological polar surface area (TPSA) is 69.4 Å². The molecule has 0 atom stereocenters. The van der Waals surface area contributed by atoms with Crippen molar-refractivity contribution < 1.29 is 14.3 Å². The number of nitrogens with two attached hydrogens (primary N) is 1. The average molecular weight is 350 g/mol. The maximum atomic E-state index is 13.0. The summed E-state index contributed by atoms with van der Waals surface area (Å²) in [6, 6.07) is 16.6. The van der Waals surface area contributed by atoms with Crippen molar-refractivity contribution in [2.45, 2.75) is 0 Å². The molecule has 1 aliphatic carbocycles. The van der Waals surface area contributed by atoms with E-state index in [1.807, 2.05) is 0 Å². The summed E-state index contributed by atoms with van der Waals surface area (Å²) in [5, 5.41) is 0.582. The van der Waals surface area contributed by atoms with Gasteiger partial charge in [-0.25, -0.2) is 0 Å². The minimum atomic E-state index is -0.276. The first-order chi connectivity index (χ1) is 12.1. The smallest absolute Gasteiger partial charge is 0.198 e. The number of carbonyl (C=O) groups excluding carboxylic acids is 2. The van der Waals surface area contributed by atoms with Gasteiger partial charge >= 0.3 is 0 Å². The summed E-state index contributed by atoms with van der Waals surface area (Å²) in [4.78, 5) is 25.8. The van der Waals surface area contributed by atoms with Crippen LogP contribution in [0, 0.1) is 0 Å². The van der Waals surface area contributed by atoms with Crippen LogP contribution in [0.3, 0.4) is 0 Å². The van der Waals surface area contributed by atoms with E-state index in [9.17, 15) is 9.59 Å². The predicted octanol–water partition coefficient (Wildman–Crippen LogP) is 4.49. The third-order valence-corrected chi connectivity index (χ3v) is 4.36. The van der Waals surface area contributed by atoms with Gasteiger partial charge in [0.05, 0.1) is 11.1 Å². The zero-order valence-electron chi connectivity index (χ0n) is 13.0. The Balaban J connectivity index is 1.85. The van der Waals surface area contributed by atoms with Gasteiger partial charge in [-0.1, -0.05) is 35.9 Å². The molecule has 0 bridgehead atoms. The van der Waals surface area contributed by atoms with Crippen LogP contribution in [0.15, 0.2) is 60.7 Å². The standard InChI is InChI=1S/C20H12ClNO3/c21-11-7-9-12(10-8-11)25-16-6-2-4-14-18(16)20(24)13-3-1-5-15(22)17(13)19(14)23/h1-10H,22H2. The number of benzene rings is 3. The fourth-order valence-electron chi connectivity index (χ4n) is 2.95. The van der Waals surface area contributed by atoms with Crippen LogP contribution in [0.2, 0.25) is 5.02 Å². The molecule has 0 fully saturated rings. The van der Waals surface area contributed by atoms with Gasteiger partial charge in [-0.15, -0.1) is 0 Å². The number of ether oxygens (including phenoxy) is 1. The Morgan fingerprint density at radius 1 is 0.760 bits per heavy atom. The van der Waals surface area contributed by atoms with E-state index in [1.54, 1.807) is 60.7 Å². The van der Waals surface area contributed by atoms with E-state index >= 15 is 0 Å². The first-order valence-corrected chi connectivity index (χ1v) is 7.98. The molecule has 3 aromatic rings. The summed E-state index contributed by atoms with van der Waals surface area (Å²) in [5.41, 5.74) is 7.30. The van der Waals surface area contributed by atoms with E-state index in [0.717, 1.165) is 0 Å². The summed E-state index contributed by atoms with van der Waals surface area (Å²) in [6.45, 7) is 0. The van der Waals surface area contributed by atoms with E-state index in [0.29, 0.717) is 33.3 Å². The molecule has 3 aromatic carbocycles. The van der Waals surface area contributed by atoms with Crippen molar-refractivity contribution in [1.29, 1.82) is 0 Å². The molecule has 4 rings (SSSR count). The van der Waals surface area contributed by atoms with Crippen LogP contribution in [-0.2, 0) is 0 Å². The SMILES string of the molecule is Nc1cccc2c1C(=O)c1cccc(Oc3ccc(Cl)cc3)c1C2=O. The molecule has 0 radical (unpaired) electrons. The monoisotopic (exact) mass is 349 g/mol. The molecule has 5 heteroatoms. The minimum Gasteiger partial charge on any atom is -0.457 e. The molecule has 0 aliphatic heterocycles. The van der Waals surface area contributed by atoms with Gasteiger partial charge in [0, 0.05) is 21.8 Å². The number of halogens is 1. The Bertz CT molecular complexity index is 1030. The van der Waals surface area contributed by atoms with Crippen LogP contribution >= 0.6 is 11.6 Å². The van der Waals surface area contributed by atoms with E-state index in [4.69, 9.17) is 22.1 Å². The highest BCUT2D eigenvalue weighted by atomic mass is 35.5. The molecule has 0 saturated carbocycles. The van der Waals surface area contributed by atoms with Crippen LogP contribution in [0.1, 0.15) is 31.8 Å². The van der Waals surface area contributed by atoms with Gasteiger partial charge < -0.3 is 10.5 Å². The van der Waals surface area contributed by atoms with Crippen molar-refractivity contribution in [3.8, 4) is 11.5 Å². The van der Waals surface area contributed by atoms with Gasteiger partial charge in [0.25, 0.3) is 0 Å². The molecule has 1 aliphatic rings. The Hall–Kier alpha value is -3.11. The number of ketones is 2. The van der Waals surface area contributed by atoms with Crippen molar-refractivity contribution >= 4 is 28.9 Å². The molecule has 0 amide bonds. The molecule has 4 nitrogen and oxygen atoms in total. The summed E-state index contributed by atoms with van der Waals surface area (Å²) in [7, 11) is 0. The quantitative estimate of drug-likeness (QED) is 0.541. The molecular weight excluding hydrogens is 338 g/mol. The normalized spacial score (nSPS) is 12.5. The number of nitrogen functional groups attached to an aromatic ring is 1. The second kappa shape index (κ2) is 5.76. The van der Waals surface area contributed by atoms with Gasteiger partial charge in [-0.2, -0.15) is 0 Å². The second-order valence-electron chi connectivity index (χ2n) is 5.66. The highest BCUT2D eigenvalue weighted by Crippen LogP contribution is 2.37. The molecule has 2 N–H and O–H groups in total. The molecule has 122 valence electrons. The lowest BCUT2D eigenvalue weighted by Gasteiger charge is -2.21. The highest BCUT2D eigenvalue weighted by Gasteiger charge is 2.33. The van der Waals surface area contributed by atoms with Crippen LogP contribution < -0.4 is 10.5 Å². The first-order valence-electron chi connectivity index (χ1n) is 7.60. The Labute approximate surface area is 148 Å². The summed E-state index contributed by atoms with van der Waals surface area (Å²) >= 11 is 5.88. The molecular formula is C20H12ClNO3. The number of hydrogen-bond donors (Lipinski definition) is 1. The van der Waals surface area contributed by atoms with Gasteiger partial charge in [0.15, 0.2) is 11.6 Å². The lowest BCUT2D eigenvalue weighted by Crippen LogP contribution is -2.22. The van der Waals surface area contributed by atoms with Crippen molar-refractivity contribution in [2.75, 3.05) is 5.73 Å². The number of carbonyl (C=O) groups is 2. The van der Waals surface area contributed by atoms with Gasteiger partial charge in [0.1, 0.15) is 11.5 Å². The lowest BCUT2D eigenvalue weighted by atomic mass is 9.83. The van der Waals surface area contributed by atoms with E-state index < -0.39 is 0 Å². The van der Waals surface area contributed by atoms with Crippen LogP contribution in [-0.4, -0.2) is 11.6 Å². The molecule has 0 spiro atoms. The third kappa shape index (κ3) is 2.47. The van der Waals surface area contributed by atoms with Crippen molar-refractivity contribution in [1.82, 2.24) is 0 Å². The summed E-state index contributed by atoms with van der Waals surface area (Å²) < 4.78 is 5.83. The van der Waals surface area contributed by atoms with Gasteiger partial charge in [-0.05, 0) is 36.4 Å². The van der Waals surface area contributed by atoms with Crippen molar-refractivity contribution in [3.05, 3.63) is 87.9 Å². The van der Waals surface area contributed by atoms with Gasteiger partial charge in [0.2, 0.25) is 0 Å². The number of fused-ring (bicyclic) bond motifs is 2. The fraction of sp³-hybridized carbons (Fsp3) is 0. The predicted molar refractivity (Wildman–Crippen MR) is 95.7 cm³/mol. The second-order valence-corrected chi connectivity index (χ2v) is 6.10. The highest BCUT2D eigenvalue weighted by molar-refractivity contribution is 6.31. The fourth-order valence-corrected chi connectivity index (χ4v) is 3.08. The maximum Gasteiger partial charge on any atom is 0.198 e. The number of anilines is 1. The maximum absolute atomic E-state index is 13.0. The largest absolute Gasteiger partial charge is 0.457 e. The average Bonchev–Trinajstić information content (AvgIpc) is 2.61. The zero-order chi connectivity index (χ0) is 17.6. The molecule has 0 saturated heterocycles. The Morgan fingerprint density at radius 2 is 1.36 bits per heavy atom. The van der Waals surface area contributed by atoms with Crippen LogP contribution in [0.4, 0.5) is 5.69 Å². The van der Waals surface area contributed by atoms with Crippen LogP contribution in [0.5, 0.6) is 11.5 Å². The molecule has 0 aromatic heterocycles. The zero-order valence-corrected chi connectivity index (χ0v) is 13.7. The van der Waals surface area contributed by atoms with E-state index in [2.05, 4.69) is 0 Å². The third-order valence-electron chi connectivity index (χ3n) is 4.11. The lowest BCUT2D eigenvalue weighted by molar-refractivity contribution is 0.0977. The Morgan fingerprint density at radius 3 is 2.08 bits per heavy atom. The molecule has 0 unspecified atom stereocenters.